The van der Waals surface area contributed by atoms with E-state index in [0.717, 1.165) is 14.7 Å². The molecule has 0 saturated carbocycles. The number of nitrogens with zero attached hydrogens (tertiary/aromatic N) is 1. The van der Waals surface area contributed by atoms with Gasteiger partial charge in [-0.15, -0.1) is 0 Å². The molecular weight excluding hydrogens is 625 g/mol. The molecule has 4 rings (SSSR count). The molecule has 3 aromatic carbocycles. The van der Waals surface area contributed by atoms with Crippen LogP contribution in [0.2, 0.25) is 10.0 Å². The highest BCUT2D eigenvalue weighted by atomic mass is 127. The smallest absolute Gasteiger partial charge is 0.264 e. The van der Waals surface area contributed by atoms with Gasteiger partial charge in [0.05, 0.1) is 30.8 Å². The maximum absolute atomic E-state index is 13.1. The Bertz CT molecular complexity index is 1330. The van der Waals surface area contributed by atoms with Crippen molar-refractivity contribution in [2.24, 2.45) is 4.99 Å². The first kappa shape index (κ1) is 25.8. The van der Waals surface area contributed by atoms with E-state index < -0.39 is 0 Å². The number of carbonyl (C=O) groups excluding carboxylic acids is 1. The normalized spacial score (nSPS) is 15.5. The van der Waals surface area contributed by atoms with Crippen LogP contribution in [0.15, 0.2) is 64.5 Å². The molecule has 1 fully saturated rings. The Hall–Kier alpha value is -2.27. The van der Waals surface area contributed by atoms with Crippen molar-refractivity contribution in [3.05, 3.63) is 90.1 Å². The van der Waals surface area contributed by atoms with Crippen LogP contribution in [0.1, 0.15) is 18.1 Å². The monoisotopic (exact) mass is 642 g/mol. The number of carbonyl (C=O) groups is 1. The molecule has 0 radical (unpaired) electrons. The summed E-state index contributed by atoms with van der Waals surface area (Å²) < 4.78 is 25.8. The lowest BCUT2D eigenvalue weighted by molar-refractivity contribution is -0.115. The Morgan fingerprint density at radius 1 is 1.09 bits per heavy atom. The average molecular weight is 643 g/mol. The maximum atomic E-state index is 13.1. The Kier molecular flexibility index (Phi) is 8.59. The van der Waals surface area contributed by atoms with Gasteiger partial charge in [-0.05, 0) is 107 Å². The highest BCUT2D eigenvalue weighted by Crippen LogP contribution is 2.37. The first-order chi connectivity index (χ1) is 16.8. The van der Waals surface area contributed by atoms with Gasteiger partial charge in [0.25, 0.3) is 5.91 Å². The molecule has 1 N–H and O–H groups in total. The van der Waals surface area contributed by atoms with Crippen molar-refractivity contribution < 1.29 is 18.7 Å². The lowest BCUT2D eigenvalue weighted by Gasteiger charge is -2.15. The molecule has 35 heavy (non-hydrogen) atoms. The number of hydrogen-bond acceptors (Lipinski definition) is 5. The molecule has 5 nitrogen and oxygen atoms in total. The SMILES string of the molecule is CCOc1cc(/C=C2/SC(=Nc3ccc(F)cc3)NC2=O)cc(I)c1OCc1ccc(Cl)c(Cl)c1. The predicted molar refractivity (Wildman–Crippen MR) is 148 cm³/mol. The van der Waals surface area contributed by atoms with E-state index in [9.17, 15) is 9.18 Å². The number of ether oxygens (including phenoxy) is 2. The van der Waals surface area contributed by atoms with E-state index in [-0.39, 0.29) is 18.3 Å². The van der Waals surface area contributed by atoms with Gasteiger partial charge in [0, 0.05) is 0 Å². The summed E-state index contributed by atoms with van der Waals surface area (Å²) in [5.41, 5.74) is 2.20. The van der Waals surface area contributed by atoms with E-state index in [1.807, 2.05) is 25.1 Å². The van der Waals surface area contributed by atoms with Crippen molar-refractivity contribution in [2.75, 3.05) is 6.61 Å². The second-order valence-electron chi connectivity index (χ2n) is 7.26. The fourth-order valence-electron chi connectivity index (χ4n) is 3.12. The average Bonchev–Trinajstić information content (AvgIpc) is 3.15. The minimum Gasteiger partial charge on any atom is -0.490 e. The molecule has 180 valence electrons. The van der Waals surface area contributed by atoms with Crippen LogP contribution in [0.5, 0.6) is 11.5 Å². The van der Waals surface area contributed by atoms with E-state index in [4.69, 9.17) is 32.7 Å². The van der Waals surface area contributed by atoms with Gasteiger partial charge in [-0.25, -0.2) is 9.38 Å². The minimum absolute atomic E-state index is 0.260. The fraction of sp³-hybridized carbons (Fsp3) is 0.120. The first-order valence-corrected chi connectivity index (χ1v) is 13.1. The van der Waals surface area contributed by atoms with Gasteiger partial charge in [-0.1, -0.05) is 29.3 Å². The molecule has 1 aliphatic heterocycles. The summed E-state index contributed by atoms with van der Waals surface area (Å²) in [6.07, 6.45) is 1.76. The van der Waals surface area contributed by atoms with Crippen LogP contribution >= 0.6 is 57.6 Å². The molecule has 1 aliphatic rings. The molecule has 0 atom stereocenters. The number of thioether (sulfide) groups is 1. The summed E-state index contributed by atoms with van der Waals surface area (Å²) in [7, 11) is 0. The summed E-state index contributed by atoms with van der Waals surface area (Å²) in [5.74, 6) is 0.559. The van der Waals surface area contributed by atoms with Crippen LogP contribution in [0.4, 0.5) is 10.1 Å². The van der Waals surface area contributed by atoms with Gasteiger partial charge in [-0.3, -0.25) is 4.79 Å². The first-order valence-electron chi connectivity index (χ1n) is 10.4. The van der Waals surface area contributed by atoms with E-state index >= 15 is 0 Å². The Balaban J connectivity index is 1.55. The van der Waals surface area contributed by atoms with Crippen LogP contribution in [0.3, 0.4) is 0 Å². The van der Waals surface area contributed by atoms with Gasteiger partial charge >= 0.3 is 0 Å². The summed E-state index contributed by atoms with van der Waals surface area (Å²) in [6, 6.07) is 14.8. The lowest BCUT2D eigenvalue weighted by atomic mass is 10.1. The van der Waals surface area contributed by atoms with Crippen LogP contribution in [-0.2, 0) is 11.4 Å². The van der Waals surface area contributed by atoms with E-state index in [1.165, 1.54) is 23.9 Å². The minimum atomic E-state index is -0.346. The number of amides is 1. The van der Waals surface area contributed by atoms with Gasteiger partial charge in [0.15, 0.2) is 16.7 Å². The number of hydrogen-bond donors (Lipinski definition) is 1. The van der Waals surface area contributed by atoms with Gasteiger partial charge in [0.1, 0.15) is 12.4 Å². The van der Waals surface area contributed by atoms with E-state index in [2.05, 4.69) is 32.9 Å². The number of rotatable bonds is 7. The largest absolute Gasteiger partial charge is 0.490 e. The predicted octanol–water partition coefficient (Wildman–Crippen LogP) is 7.61. The van der Waals surface area contributed by atoms with Crippen molar-refractivity contribution in [3.63, 3.8) is 0 Å². The third-order valence-corrected chi connectivity index (χ3v) is 7.15. The lowest BCUT2D eigenvalue weighted by Crippen LogP contribution is -2.19. The zero-order valence-electron chi connectivity index (χ0n) is 18.3. The van der Waals surface area contributed by atoms with Crippen molar-refractivity contribution in [1.82, 2.24) is 5.32 Å². The highest BCUT2D eigenvalue weighted by Gasteiger charge is 2.24. The van der Waals surface area contributed by atoms with Gasteiger partial charge in [0.2, 0.25) is 0 Å². The molecule has 0 spiro atoms. The van der Waals surface area contributed by atoms with E-state index in [1.54, 1.807) is 30.3 Å². The highest BCUT2D eigenvalue weighted by molar-refractivity contribution is 14.1. The molecule has 3 aromatic rings. The van der Waals surface area contributed by atoms with Crippen molar-refractivity contribution in [3.8, 4) is 11.5 Å². The molecule has 0 unspecified atom stereocenters. The zero-order valence-corrected chi connectivity index (χ0v) is 22.8. The van der Waals surface area contributed by atoms with Crippen LogP contribution < -0.4 is 14.8 Å². The molecule has 1 amide bonds. The standard InChI is InChI=1S/C25H18Cl2FIN2O3S/c1-2-33-21-11-15(10-20(29)23(21)34-13-14-3-8-18(26)19(27)9-14)12-22-24(32)31-25(35-22)30-17-6-4-16(28)5-7-17/h3-12H,2,13H2,1H3,(H,30,31,32)/b22-12+. The Morgan fingerprint density at radius 3 is 2.57 bits per heavy atom. The quantitative estimate of drug-likeness (QED) is 0.213. The summed E-state index contributed by atoms with van der Waals surface area (Å²) in [4.78, 5) is 17.3. The third kappa shape index (κ3) is 6.69. The van der Waals surface area contributed by atoms with Crippen molar-refractivity contribution in [1.29, 1.82) is 0 Å². The summed E-state index contributed by atoms with van der Waals surface area (Å²) >= 11 is 15.5. The molecule has 10 heteroatoms. The molecule has 0 aliphatic carbocycles. The van der Waals surface area contributed by atoms with Crippen LogP contribution in [0, 0.1) is 9.39 Å². The summed E-state index contributed by atoms with van der Waals surface area (Å²) in [5, 5.41) is 4.10. The fourth-order valence-corrected chi connectivity index (χ4v) is 5.07. The molecule has 0 aromatic heterocycles. The van der Waals surface area contributed by atoms with Crippen LogP contribution in [-0.4, -0.2) is 17.7 Å². The number of benzene rings is 3. The third-order valence-electron chi connectivity index (χ3n) is 4.70. The molecule has 0 bridgehead atoms. The number of nitrogens with one attached hydrogen (secondary N) is 1. The van der Waals surface area contributed by atoms with Crippen molar-refractivity contribution in [2.45, 2.75) is 13.5 Å². The molecule has 1 saturated heterocycles. The topological polar surface area (TPSA) is 59.9 Å². The van der Waals surface area contributed by atoms with E-state index in [0.29, 0.717) is 43.9 Å². The number of halogens is 4. The number of amidine groups is 1. The van der Waals surface area contributed by atoms with Gasteiger partial charge in [-0.2, -0.15) is 0 Å². The Labute approximate surface area is 229 Å². The second kappa shape index (κ2) is 11.6. The zero-order chi connectivity index (χ0) is 24.9. The molecule has 1 heterocycles. The van der Waals surface area contributed by atoms with Crippen molar-refractivity contribution >= 4 is 80.4 Å². The second-order valence-corrected chi connectivity index (χ2v) is 10.3. The van der Waals surface area contributed by atoms with Crippen LogP contribution in [0.25, 0.3) is 6.08 Å². The van der Waals surface area contributed by atoms with Gasteiger partial charge < -0.3 is 14.8 Å². The Morgan fingerprint density at radius 2 is 1.86 bits per heavy atom. The number of aliphatic imine (C=N–C) groups is 1. The maximum Gasteiger partial charge on any atom is 0.264 e. The summed E-state index contributed by atoms with van der Waals surface area (Å²) in [6.45, 7) is 2.62. The molecular formula is C25H18Cl2FIN2O3S.